The molecule has 7 heteroatoms. The smallest absolute Gasteiger partial charge is 0.261 e. The Bertz CT molecular complexity index is 901. The number of hydrogen-bond acceptors (Lipinski definition) is 4. The summed E-state index contributed by atoms with van der Waals surface area (Å²) in [5.41, 5.74) is 1.73. The third kappa shape index (κ3) is 7.17. The van der Waals surface area contributed by atoms with E-state index in [1.807, 2.05) is 52.0 Å². The van der Waals surface area contributed by atoms with Gasteiger partial charge >= 0.3 is 0 Å². The second-order valence-corrected chi connectivity index (χ2v) is 8.07. The first kappa shape index (κ1) is 24.5. The van der Waals surface area contributed by atoms with Crippen molar-refractivity contribution in [1.29, 1.82) is 0 Å². The van der Waals surface area contributed by atoms with Gasteiger partial charge < -0.3 is 19.7 Å². The van der Waals surface area contributed by atoms with Gasteiger partial charge in [-0.25, -0.2) is 0 Å². The van der Waals surface area contributed by atoms with Crippen molar-refractivity contribution >= 4 is 23.4 Å². The number of benzene rings is 2. The van der Waals surface area contributed by atoms with Crippen LogP contribution in [-0.4, -0.2) is 42.5 Å². The lowest BCUT2D eigenvalue weighted by atomic mass is 10.1. The lowest BCUT2D eigenvalue weighted by Crippen LogP contribution is -2.51. The average Bonchev–Trinajstić information content (AvgIpc) is 2.73. The standard InChI is InChI=1S/C24H31ClN2O4/c1-6-22(24(29)26-16(2)3)27(14-18-8-7-9-19(13-18)30-5)23(28)15-31-20-10-11-21(25)17(4)12-20/h7-13,16,22H,6,14-15H2,1-5H3,(H,26,29). The molecule has 0 aliphatic carbocycles. The van der Waals surface area contributed by atoms with Gasteiger partial charge in [0, 0.05) is 17.6 Å². The average molecular weight is 447 g/mol. The lowest BCUT2D eigenvalue weighted by molar-refractivity contribution is -0.143. The SMILES string of the molecule is CCC(C(=O)NC(C)C)N(Cc1cccc(OC)c1)C(=O)COc1ccc(Cl)c(C)c1. The molecule has 2 rings (SSSR count). The molecule has 1 atom stereocenters. The van der Waals surface area contributed by atoms with Crippen LogP contribution in [0.5, 0.6) is 11.5 Å². The maximum atomic E-state index is 13.2. The Kier molecular flexibility index (Phi) is 9.19. The molecule has 0 bridgehead atoms. The number of amides is 2. The van der Waals surface area contributed by atoms with Gasteiger partial charge in [0.1, 0.15) is 17.5 Å². The van der Waals surface area contributed by atoms with Crippen molar-refractivity contribution < 1.29 is 19.1 Å². The third-order valence-electron chi connectivity index (χ3n) is 4.80. The number of hydrogen-bond donors (Lipinski definition) is 1. The lowest BCUT2D eigenvalue weighted by Gasteiger charge is -2.31. The summed E-state index contributed by atoms with van der Waals surface area (Å²) in [5.74, 6) is 0.783. The Morgan fingerprint density at radius 3 is 2.48 bits per heavy atom. The Labute approximate surface area is 189 Å². The van der Waals surface area contributed by atoms with Gasteiger partial charge in [-0.15, -0.1) is 0 Å². The number of carbonyl (C=O) groups excluding carboxylic acids is 2. The minimum Gasteiger partial charge on any atom is -0.497 e. The molecular weight excluding hydrogens is 416 g/mol. The molecule has 0 spiro atoms. The van der Waals surface area contributed by atoms with Gasteiger partial charge in [0.2, 0.25) is 5.91 Å². The molecule has 0 fully saturated rings. The van der Waals surface area contributed by atoms with Crippen LogP contribution in [0.25, 0.3) is 0 Å². The van der Waals surface area contributed by atoms with Crippen molar-refractivity contribution in [1.82, 2.24) is 10.2 Å². The molecule has 0 heterocycles. The highest BCUT2D eigenvalue weighted by Gasteiger charge is 2.29. The molecule has 1 N–H and O–H groups in total. The first-order chi connectivity index (χ1) is 14.7. The van der Waals surface area contributed by atoms with E-state index in [2.05, 4.69) is 5.32 Å². The summed E-state index contributed by atoms with van der Waals surface area (Å²) in [5, 5.41) is 3.55. The van der Waals surface area contributed by atoms with Crippen LogP contribution in [0.3, 0.4) is 0 Å². The summed E-state index contributed by atoms with van der Waals surface area (Å²) in [6, 6.07) is 12.1. The number of halogens is 1. The van der Waals surface area contributed by atoms with E-state index in [4.69, 9.17) is 21.1 Å². The highest BCUT2D eigenvalue weighted by Crippen LogP contribution is 2.22. The van der Waals surface area contributed by atoms with Gasteiger partial charge in [-0.05, 0) is 68.7 Å². The van der Waals surface area contributed by atoms with Crippen molar-refractivity contribution in [3.63, 3.8) is 0 Å². The number of rotatable bonds is 10. The molecule has 0 aliphatic rings. The first-order valence-corrected chi connectivity index (χ1v) is 10.7. The molecule has 0 saturated heterocycles. The van der Waals surface area contributed by atoms with E-state index in [0.29, 0.717) is 22.9 Å². The number of aryl methyl sites for hydroxylation is 1. The van der Waals surface area contributed by atoms with E-state index in [0.717, 1.165) is 11.1 Å². The summed E-state index contributed by atoms with van der Waals surface area (Å²) >= 11 is 6.06. The summed E-state index contributed by atoms with van der Waals surface area (Å²) in [4.78, 5) is 27.6. The van der Waals surface area contributed by atoms with Crippen LogP contribution in [0, 0.1) is 6.92 Å². The van der Waals surface area contributed by atoms with E-state index in [1.54, 1.807) is 30.2 Å². The molecule has 2 aromatic rings. The van der Waals surface area contributed by atoms with E-state index >= 15 is 0 Å². The van der Waals surface area contributed by atoms with Gasteiger partial charge in [-0.3, -0.25) is 9.59 Å². The van der Waals surface area contributed by atoms with Crippen molar-refractivity contribution in [2.24, 2.45) is 0 Å². The second-order valence-electron chi connectivity index (χ2n) is 7.66. The van der Waals surface area contributed by atoms with E-state index in [9.17, 15) is 9.59 Å². The summed E-state index contributed by atoms with van der Waals surface area (Å²) in [6.07, 6.45) is 0.480. The fourth-order valence-electron chi connectivity index (χ4n) is 3.20. The number of methoxy groups -OCH3 is 1. The van der Waals surface area contributed by atoms with Crippen molar-refractivity contribution in [3.8, 4) is 11.5 Å². The van der Waals surface area contributed by atoms with Crippen LogP contribution in [0.15, 0.2) is 42.5 Å². The van der Waals surface area contributed by atoms with E-state index in [-0.39, 0.29) is 31.0 Å². The van der Waals surface area contributed by atoms with Gasteiger partial charge in [0.15, 0.2) is 6.61 Å². The maximum absolute atomic E-state index is 13.2. The topological polar surface area (TPSA) is 67.9 Å². The molecule has 2 aromatic carbocycles. The minimum atomic E-state index is -0.614. The second kappa shape index (κ2) is 11.6. The monoisotopic (exact) mass is 446 g/mol. The molecule has 31 heavy (non-hydrogen) atoms. The number of carbonyl (C=O) groups is 2. The van der Waals surface area contributed by atoms with Crippen LogP contribution in [-0.2, 0) is 16.1 Å². The molecule has 1 unspecified atom stereocenters. The molecule has 0 saturated carbocycles. The van der Waals surface area contributed by atoms with Crippen LogP contribution in [0.1, 0.15) is 38.3 Å². The van der Waals surface area contributed by atoms with Crippen molar-refractivity contribution in [2.45, 2.75) is 52.7 Å². The zero-order valence-electron chi connectivity index (χ0n) is 18.8. The Balaban J connectivity index is 2.24. The quantitative estimate of drug-likeness (QED) is 0.588. The van der Waals surface area contributed by atoms with Crippen LogP contribution in [0.4, 0.5) is 0 Å². The normalized spacial score (nSPS) is 11.7. The predicted molar refractivity (Wildman–Crippen MR) is 123 cm³/mol. The fourth-order valence-corrected chi connectivity index (χ4v) is 3.32. The molecule has 2 amide bonds. The van der Waals surface area contributed by atoms with Gasteiger partial charge in [0.05, 0.1) is 7.11 Å². The minimum absolute atomic E-state index is 0.0244. The molecule has 168 valence electrons. The van der Waals surface area contributed by atoms with Gasteiger partial charge in [-0.2, -0.15) is 0 Å². The van der Waals surface area contributed by atoms with Gasteiger partial charge in [-0.1, -0.05) is 30.7 Å². The molecular formula is C24H31ClN2O4. The van der Waals surface area contributed by atoms with Crippen LogP contribution in [0.2, 0.25) is 5.02 Å². The summed E-state index contributed by atoms with van der Waals surface area (Å²) < 4.78 is 11.0. The highest BCUT2D eigenvalue weighted by molar-refractivity contribution is 6.31. The molecule has 0 aromatic heterocycles. The number of nitrogens with zero attached hydrogens (tertiary/aromatic N) is 1. The Morgan fingerprint density at radius 1 is 1.13 bits per heavy atom. The van der Waals surface area contributed by atoms with Crippen LogP contribution < -0.4 is 14.8 Å². The first-order valence-electron chi connectivity index (χ1n) is 10.4. The molecule has 6 nitrogen and oxygen atoms in total. The predicted octanol–water partition coefficient (Wildman–Crippen LogP) is 4.37. The summed E-state index contributed by atoms with van der Waals surface area (Å²) in [7, 11) is 1.59. The fraction of sp³-hybridized carbons (Fsp3) is 0.417. The Hall–Kier alpha value is -2.73. The maximum Gasteiger partial charge on any atom is 0.261 e. The highest BCUT2D eigenvalue weighted by atomic mass is 35.5. The van der Waals surface area contributed by atoms with E-state index < -0.39 is 6.04 Å². The largest absolute Gasteiger partial charge is 0.497 e. The third-order valence-corrected chi connectivity index (χ3v) is 5.22. The zero-order chi connectivity index (χ0) is 23.0. The Morgan fingerprint density at radius 2 is 1.87 bits per heavy atom. The van der Waals surface area contributed by atoms with Crippen molar-refractivity contribution in [3.05, 3.63) is 58.6 Å². The van der Waals surface area contributed by atoms with E-state index in [1.165, 1.54) is 0 Å². The molecule has 0 aliphatic heterocycles. The van der Waals surface area contributed by atoms with Crippen molar-refractivity contribution in [2.75, 3.05) is 13.7 Å². The van der Waals surface area contributed by atoms with Gasteiger partial charge in [0.25, 0.3) is 5.91 Å². The zero-order valence-corrected chi connectivity index (χ0v) is 19.5. The van der Waals surface area contributed by atoms with Crippen LogP contribution >= 0.6 is 11.6 Å². The molecule has 0 radical (unpaired) electrons. The summed E-state index contributed by atoms with van der Waals surface area (Å²) in [6.45, 7) is 7.63. The number of ether oxygens (including phenoxy) is 2. The number of nitrogens with one attached hydrogen (secondary N) is 1.